The van der Waals surface area contributed by atoms with E-state index in [0.717, 1.165) is 59.5 Å². The second kappa shape index (κ2) is 8.46. The number of benzene rings is 2. The summed E-state index contributed by atoms with van der Waals surface area (Å²) in [7, 11) is 1.61. The second-order valence-corrected chi connectivity index (χ2v) is 8.21. The molecule has 0 radical (unpaired) electrons. The number of nitrogens with zero attached hydrogens (tertiary/aromatic N) is 3. The monoisotopic (exact) mass is 427 g/mol. The van der Waals surface area contributed by atoms with Gasteiger partial charge in [-0.15, -0.1) is 0 Å². The maximum atomic E-state index is 12.6. The summed E-state index contributed by atoms with van der Waals surface area (Å²) in [6.07, 6.45) is 5.33. The van der Waals surface area contributed by atoms with Crippen molar-refractivity contribution in [3.8, 4) is 5.75 Å². The number of rotatable bonds is 4. The molecule has 0 atom stereocenters. The minimum Gasteiger partial charge on any atom is -0.497 e. The summed E-state index contributed by atoms with van der Waals surface area (Å²) in [6.45, 7) is 3.99. The van der Waals surface area contributed by atoms with Crippen molar-refractivity contribution in [2.75, 3.05) is 25.1 Å². The van der Waals surface area contributed by atoms with Gasteiger partial charge < -0.3 is 14.4 Å². The third-order valence-corrected chi connectivity index (χ3v) is 5.88. The molecule has 2 aromatic carbocycles. The van der Waals surface area contributed by atoms with Crippen LogP contribution in [0.4, 0.5) is 5.82 Å². The molecule has 1 saturated heterocycles. The van der Waals surface area contributed by atoms with E-state index in [2.05, 4.69) is 41.1 Å². The summed E-state index contributed by atoms with van der Waals surface area (Å²) in [5.41, 5.74) is 4.02. The van der Waals surface area contributed by atoms with Crippen molar-refractivity contribution in [3.63, 3.8) is 0 Å². The fourth-order valence-corrected chi connectivity index (χ4v) is 4.18. The fourth-order valence-electron chi connectivity index (χ4n) is 4.18. The number of esters is 1. The summed E-state index contributed by atoms with van der Waals surface area (Å²) in [5.74, 6) is 1.48. The van der Waals surface area contributed by atoms with Gasteiger partial charge in [-0.3, -0.25) is 0 Å². The number of aliphatic imine (C=N–C) groups is 1. The molecule has 0 N–H and O–H groups in total. The number of carbonyl (C=O) groups is 1. The number of cyclic esters (lactones) is 1. The molecular formula is C26H25N3O3. The van der Waals surface area contributed by atoms with Crippen molar-refractivity contribution in [3.05, 3.63) is 70.9 Å². The number of pyridine rings is 1. The topological polar surface area (TPSA) is 64.0 Å². The van der Waals surface area contributed by atoms with E-state index in [1.807, 2.05) is 24.3 Å². The lowest BCUT2D eigenvalue weighted by atomic mass is 10.1. The molecule has 2 aliphatic rings. The number of methoxy groups -OCH3 is 1. The molecule has 0 saturated carbocycles. The van der Waals surface area contributed by atoms with Crippen LogP contribution in [0.5, 0.6) is 5.75 Å². The van der Waals surface area contributed by atoms with E-state index in [4.69, 9.17) is 14.5 Å². The van der Waals surface area contributed by atoms with Crippen LogP contribution in [-0.2, 0) is 9.53 Å². The van der Waals surface area contributed by atoms with Crippen molar-refractivity contribution in [1.82, 2.24) is 4.98 Å². The van der Waals surface area contributed by atoms with E-state index in [1.54, 1.807) is 13.2 Å². The second-order valence-electron chi connectivity index (χ2n) is 8.21. The molecule has 0 aliphatic carbocycles. The van der Waals surface area contributed by atoms with Gasteiger partial charge in [0.25, 0.3) is 0 Å². The van der Waals surface area contributed by atoms with Gasteiger partial charge in [0.15, 0.2) is 5.70 Å². The Balaban J connectivity index is 1.57. The molecule has 0 spiro atoms. The zero-order valence-electron chi connectivity index (χ0n) is 18.3. The van der Waals surface area contributed by atoms with Crippen LogP contribution in [0.3, 0.4) is 0 Å². The van der Waals surface area contributed by atoms with Crippen LogP contribution < -0.4 is 9.64 Å². The number of hydrogen-bond acceptors (Lipinski definition) is 6. The Hall–Kier alpha value is -3.67. The number of aromatic nitrogens is 1. The molecule has 6 nitrogen and oxygen atoms in total. The highest BCUT2D eigenvalue weighted by Crippen LogP contribution is 2.30. The summed E-state index contributed by atoms with van der Waals surface area (Å²) >= 11 is 0. The van der Waals surface area contributed by atoms with Gasteiger partial charge in [0.1, 0.15) is 11.6 Å². The minimum atomic E-state index is -0.454. The molecule has 32 heavy (non-hydrogen) atoms. The zero-order chi connectivity index (χ0) is 22.1. The molecule has 5 rings (SSSR count). The first-order chi connectivity index (χ1) is 15.6. The summed E-state index contributed by atoms with van der Waals surface area (Å²) in [6, 6.07) is 15.6. The van der Waals surface area contributed by atoms with E-state index in [0.29, 0.717) is 5.90 Å². The van der Waals surface area contributed by atoms with Gasteiger partial charge in [-0.05, 0) is 74.7 Å². The Morgan fingerprint density at radius 2 is 1.81 bits per heavy atom. The SMILES string of the molecule is COc1ccc(C2=N/C(=C/c3cc4cc(C)ccc4nc3N3CCCCC3)C(=O)O2)cc1. The molecule has 2 aliphatic heterocycles. The third kappa shape index (κ3) is 3.96. The van der Waals surface area contributed by atoms with Gasteiger partial charge in [0, 0.05) is 29.6 Å². The molecule has 0 amide bonds. The summed E-state index contributed by atoms with van der Waals surface area (Å²) in [4.78, 5) is 24.4. The van der Waals surface area contributed by atoms with Crippen LogP contribution in [0.15, 0.2) is 59.2 Å². The average molecular weight is 428 g/mol. The van der Waals surface area contributed by atoms with Crippen molar-refractivity contribution in [2.24, 2.45) is 4.99 Å². The normalized spacial score (nSPS) is 17.6. The highest BCUT2D eigenvalue weighted by molar-refractivity contribution is 6.13. The van der Waals surface area contributed by atoms with E-state index < -0.39 is 5.97 Å². The van der Waals surface area contributed by atoms with Crippen LogP contribution in [-0.4, -0.2) is 37.1 Å². The first-order valence-corrected chi connectivity index (χ1v) is 10.9. The Morgan fingerprint density at radius 3 is 2.56 bits per heavy atom. The number of piperidine rings is 1. The maximum absolute atomic E-state index is 12.6. The molecule has 1 aromatic heterocycles. The number of aryl methyl sites for hydroxylation is 1. The lowest BCUT2D eigenvalue weighted by molar-refractivity contribution is -0.129. The average Bonchev–Trinajstić information content (AvgIpc) is 3.19. The largest absolute Gasteiger partial charge is 0.497 e. The number of ether oxygens (including phenoxy) is 2. The molecule has 162 valence electrons. The van der Waals surface area contributed by atoms with Crippen molar-refractivity contribution < 1.29 is 14.3 Å². The number of fused-ring (bicyclic) bond motifs is 1. The third-order valence-electron chi connectivity index (χ3n) is 5.88. The predicted octanol–water partition coefficient (Wildman–Crippen LogP) is 4.89. The van der Waals surface area contributed by atoms with Gasteiger partial charge in [-0.1, -0.05) is 11.6 Å². The number of anilines is 1. The van der Waals surface area contributed by atoms with Gasteiger partial charge in [0.2, 0.25) is 5.90 Å². The van der Waals surface area contributed by atoms with Gasteiger partial charge >= 0.3 is 5.97 Å². The van der Waals surface area contributed by atoms with Crippen molar-refractivity contribution >= 4 is 34.7 Å². The maximum Gasteiger partial charge on any atom is 0.363 e. The standard InChI is InChI=1S/C26H25N3O3/c1-17-6-11-22-19(14-17)15-20(24(27-22)29-12-4-3-5-13-29)16-23-26(30)32-25(28-23)18-7-9-21(31-2)10-8-18/h6-11,14-16H,3-5,12-13H2,1-2H3/b23-16+. The zero-order valence-corrected chi connectivity index (χ0v) is 18.3. The summed E-state index contributed by atoms with van der Waals surface area (Å²) < 4.78 is 10.7. The predicted molar refractivity (Wildman–Crippen MR) is 126 cm³/mol. The molecule has 3 aromatic rings. The fraction of sp³-hybridized carbons (Fsp3) is 0.269. The van der Waals surface area contributed by atoms with Gasteiger partial charge in [-0.25, -0.2) is 14.8 Å². The smallest absolute Gasteiger partial charge is 0.363 e. The highest BCUT2D eigenvalue weighted by atomic mass is 16.6. The molecule has 0 unspecified atom stereocenters. The quantitative estimate of drug-likeness (QED) is 0.438. The van der Waals surface area contributed by atoms with E-state index >= 15 is 0 Å². The minimum absolute atomic E-state index is 0.280. The van der Waals surface area contributed by atoms with Crippen LogP contribution in [0.25, 0.3) is 17.0 Å². The van der Waals surface area contributed by atoms with Crippen LogP contribution in [0.2, 0.25) is 0 Å². The first-order valence-electron chi connectivity index (χ1n) is 10.9. The summed E-state index contributed by atoms with van der Waals surface area (Å²) in [5, 5.41) is 1.04. The van der Waals surface area contributed by atoms with Crippen molar-refractivity contribution in [1.29, 1.82) is 0 Å². The van der Waals surface area contributed by atoms with E-state index in [1.165, 1.54) is 12.0 Å². The number of hydrogen-bond donors (Lipinski definition) is 0. The van der Waals surface area contributed by atoms with Crippen LogP contribution >= 0.6 is 0 Å². The van der Waals surface area contributed by atoms with Gasteiger partial charge in [-0.2, -0.15) is 0 Å². The van der Waals surface area contributed by atoms with E-state index in [9.17, 15) is 4.79 Å². The van der Waals surface area contributed by atoms with Gasteiger partial charge in [0.05, 0.1) is 12.6 Å². The lowest BCUT2D eigenvalue weighted by Crippen LogP contribution is -2.30. The first kappa shape index (κ1) is 20.2. The lowest BCUT2D eigenvalue weighted by Gasteiger charge is -2.29. The Labute approximate surface area is 187 Å². The number of carbonyl (C=O) groups excluding carboxylic acids is 1. The van der Waals surface area contributed by atoms with Crippen molar-refractivity contribution in [2.45, 2.75) is 26.2 Å². The Morgan fingerprint density at radius 1 is 1.03 bits per heavy atom. The van der Waals surface area contributed by atoms with E-state index in [-0.39, 0.29) is 5.70 Å². The molecule has 6 heteroatoms. The van der Waals surface area contributed by atoms with Crippen LogP contribution in [0, 0.1) is 6.92 Å². The molecule has 1 fully saturated rings. The highest BCUT2D eigenvalue weighted by Gasteiger charge is 2.25. The Bertz CT molecular complexity index is 1240. The molecule has 3 heterocycles. The molecular weight excluding hydrogens is 402 g/mol. The molecule has 0 bridgehead atoms. The Kier molecular flexibility index (Phi) is 5.35. The van der Waals surface area contributed by atoms with Crippen LogP contribution in [0.1, 0.15) is 36.0 Å².